The molecule has 170 valence electrons. The summed E-state index contributed by atoms with van der Waals surface area (Å²) in [4.78, 5) is 0. The largest absolute Gasteiger partial charge is 0.377 e. The van der Waals surface area contributed by atoms with E-state index in [4.69, 9.17) is 4.74 Å². The van der Waals surface area contributed by atoms with Crippen molar-refractivity contribution in [3.8, 4) is 0 Å². The summed E-state index contributed by atoms with van der Waals surface area (Å²) in [6.45, 7) is 0.883. The molecule has 4 aromatic rings. The molecule has 2 aliphatic rings. The van der Waals surface area contributed by atoms with E-state index in [0.29, 0.717) is 23.3 Å². The predicted octanol–water partition coefficient (Wildman–Crippen LogP) is 5.80. The van der Waals surface area contributed by atoms with Gasteiger partial charge in [-0.05, 0) is 55.8 Å². The van der Waals surface area contributed by atoms with E-state index in [1.54, 1.807) is 0 Å². The van der Waals surface area contributed by atoms with E-state index >= 15 is 0 Å². The maximum atomic E-state index is 6.78. The van der Waals surface area contributed by atoms with Crippen LogP contribution in [0.2, 0.25) is 0 Å². The SMILES string of the molecule is c1ccc(P(c2ccccc2)[C@H]2CO[C@H]3[C@@H]2CC[C@@H]3P(c2ccccc2)c2ccccc2)cc1. The van der Waals surface area contributed by atoms with Gasteiger partial charge in [-0.15, -0.1) is 0 Å². The Morgan fingerprint density at radius 2 is 0.853 bits per heavy atom. The fourth-order valence-electron chi connectivity index (χ4n) is 5.92. The third-order valence-electron chi connectivity index (χ3n) is 7.35. The first-order valence-corrected chi connectivity index (χ1v) is 15.1. The molecule has 34 heavy (non-hydrogen) atoms. The number of hydrogen-bond donors (Lipinski definition) is 0. The number of benzene rings is 4. The molecule has 0 unspecified atom stereocenters. The minimum Gasteiger partial charge on any atom is -0.377 e. The predicted molar refractivity (Wildman–Crippen MR) is 148 cm³/mol. The second-order valence-corrected chi connectivity index (χ2v) is 14.1. The molecule has 0 N–H and O–H groups in total. The first-order chi connectivity index (χ1) is 16.9. The maximum Gasteiger partial charge on any atom is 0.0683 e. The Kier molecular flexibility index (Phi) is 6.61. The van der Waals surface area contributed by atoms with Crippen LogP contribution in [0.3, 0.4) is 0 Å². The van der Waals surface area contributed by atoms with Crippen molar-refractivity contribution in [2.75, 3.05) is 6.61 Å². The van der Waals surface area contributed by atoms with Gasteiger partial charge in [0.15, 0.2) is 0 Å². The van der Waals surface area contributed by atoms with E-state index in [2.05, 4.69) is 121 Å². The van der Waals surface area contributed by atoms with Gasteiger partial charge in [-0.1, -0.05) is 121 Å². The lowest BCUT2D eigenvalue weighted by Crippen LogP contribution is -2.31. The molecule has 0 bridgehead atoms. The van der Waals surface area contributed by atoms with Crippen molar-refractivity contribution in [1.82, 2.24) is 0 Å². The van der Waals surface area contributed by atoms with Gasteiger partial charge in [0.05, 0.1) is 12.7 Å². The molecule has 0 spiro atoms. The minimum absolute atomic E-state index is 0.356. The Balaban J connectivity index is 1.35. The molecule has 4 aromatic carbocycles. The lowest BCUT2D eigenvalue weighted by molar-refractivity contribution is 0.106. The third-order valence-corrected chi connectivity index (χ3v) is 13.2. The molecule has 3 heteroatoms. The third kappa shape index (κ3) is 4.27. The van der Waals surface area contributed by atoms with Gasteiger partial charge in [0.2, 0.25) is 0 Å². The van der Waals surface area contributed by atoms with Crippen LogP contribution in [-0.2, 0) is 4.74 Å². The molecule has 0 radical (unpaired) electrons. The highest BCUT2D eigenvalue weighted by molar-refractivity contribution is 7.74. The Labute approximate surface area is 205 Å². The van der Waals surface area contributed by atoms with Gasteiger partial charge in [-0.2, -0.15) is 0 Å². The molecule has 1 saturated carbocycles. The van der Waals surface area contributed by atoms with Gasteiger partial charge in [0, 0.05) is 11.3 Å². The van der Waals surface area contributed by atoms with Crippen molar-refractivity contribution >= 4 is 37.1 Å². The normalized spacial score (nSPS) is 23.9. The second-order valence-electron chi connectivity index (χ2n) is 9.26. The standard InChI is InChI=1S/C31H30OP2/c1-5-13-24(14-6-1)33(25-15-7-2-8-16-25)29-22-21-28-30(23-32-31(28)29)34(26-17-9-3-10-18-26)27-19-11-4-12-20-27/h1-20,28-31H,21-23H2/t28-,29+,30+,31+/m1/s1. The van der Waals surface area contributed by atoms with Crippen molar-refractivity contribution in [2.45, 2.75) is 30.3 Å². The Hall–Kier alpha value is -2.30. The summed E-state index contributed by atoms with van der Waals surface area (Å²) in [5, 5.41) is 5.93. The lowest BCUT2D eigenvalue weighted by atomic mass is 10.0. The van der Waals surface area contributed by atoms with Crippen LogP contribution in [0.15, 0.2) is 121 Å². The summed E-state index contributed by atoms with van der Waals surface area (Å²) >= 11 is 0. The number of rotatable bonds is 6. The molecule has 6 rings (SSSR count). The Bertz CT molecular complexity index is 1010. The molecule has 1 saturated heterocycles. The van der Waals surface area contributed by atoms with Crippen LogP contribution < -0.4 is 21.2 Å². The average Bonchev–Trinajstić information content (AvgIpc) is 3.51. The van der Waals surface area contributed by atoms with Crippen molar-refractivity contribution < 1.29 is 4.74 Å². The van der Waals surface area contributed by atoms with Crippen LogP contribution in [0.25, 0.3) is 0 Å². The number of hydrogen-bond acceptors (Lipinski definition) is 1. The average molecular weight is 481 g/mol. The summed E-state index contributed by atoms with van der Waals surface area (Å²) in [6.07, 6.45) is 2.89. The van der Waals surface area contributed by atoms with Gasteiger partial charge in [0.25, 0.3) is 0 Å². The summed E-state index contributed by atoms with van der Waals surface area (Å²) in [6, 6.07) is 44.8. The number of fused-ring (bicyclic) bond motifs is 1. The van der Waals surface area contributed by atoms with Gasteiger partial charge in [0.1, 0.15) is 0 Å². The molecule has 1 aliphatic heterocycles. The van der Waals surface area contributed by atoms with Gasteiger partial charge in [-0.3, -0.25) is 0 Å². The zero-order valence-electron chi connectivity index (χ0n) is 19.3. The van der Waals surface area contributed by atoms with Crippen LogP contribution in [0.4, 0.5) is 0 Å². The van der Waals surface area contributed by atoms with Crippen molar-refractivity contribution in [2.24, 2.45) is 5.92 Å². The highest BCUT2D eigenvalue weighted by Crippen LogP contribution is 2.58. The van der Waals surface area contributed by atoms with Crippen LogP contribution in [0.5, 0.6) is 0 Å². The van der Waals surface area contributed by atoms with Crippen LogP contribution in [0.1, 0.15) is 12.8 Å². The second kappa shape index (κ2) is 10.1. The fraction of sp³-hybridized carbons (Fsp3) is 0.226. The van der Waals surface area contributed by atoms with E-state index in [-0.39, 0.29) is 0 Å². The van der Waals surface area contributed by atoms with Crippen LogP contribution in [0, 0.1) is 5.92 Å². The molecular formula is C31H30OP2. The topological polar surface area (TPSA) is 9.23 Å². The highest BCUT2D eigenvalue weighted by Gasteiger charge is 2.51. The summed E-state index contributed by atoms with van der Waals surface area (Å²) in [5.41, 5.74) is 1.16. The van der Waals surface area contributed by atoms with Crippen molar-refractivity contribution in [3.05, 3.63) is 121 Å². The molecule has 4 atom stereocenters. The van der Waals surface area contributed by atoms with E-state index in [1.807, 2.05) is 0 Å². The zero-order chi connectivity index (χ0) is 22.7. The molecule has 1 heterocycles. The monoisotopic (exact) mass is 480 g/mol. The molecule has 1 nitrogen and oxygen atoms in total. The summed E-state index contributed by atoms with van der Waals surface area (Å²) < 4.78 is 6.78. The molecule has 0 aromatic heterocycles. The van der Waals surface area contributed by atoms with E-state index in [9.17, 15) is 0 Å². The first-order valence-electron chi connectivity index (χ1n) is 12.3. The van der Waals surface area contributed by atoms with Crippen molar-refractivity contribution in [1.29, 1.82) is 0 Å². The quantitative estimate of drug-likeness (QED) is 0.317. The minimum atomic E-state index is -0.448. The smallest absolute Gasteiger partial charge is 0.0683 e. The molecule has 2 fully saturated rings. The molecule has 0 amide bonds. The van der Waals surface area contributed by atoms with Crippen LogP contribution in [-0.4, -0.2) is 24.0 Å². The molecular weight excluding hydrogens is 450 g/mol. The Morgan fingerprint density at radius 1 is 0.471 bits per heavy atom. The fourth-order valence-corrected chi connectivity index (χ4v) is 12.0. The van der Waals surface area contributed by atoms with Gasteiger partial charge in [-0.25, -0.2) is 0 Å². The van der Waals surface area contributed by atoms with Gasteiger partial charge < -0.3 is 4.74 Å². The van der Waals surface area contributed by atoms with Crippen LogP contribution >= 0.6 is 15.8 Å². The van der Waals surface area contributed by atoms with Gasteiger partial charge >= 0.3 is 0 Å². The van der Waals surface area contributed by atoms with E-state index in [1.165, 1.54) is 34.1 Å². The zero-order valence-corrected chi connectivity index (χ0v) is 21.1. The summed E-state index contributed by atoms with van der Waals surface area (Å²) in [5.74, 6) is 0.633. The lowest BCUT2D eigenvalue weighted by Gasteiger charge is -2.30. The van der Waals surface area contributed by atoms with E-state index in [0.717, 1.165) is 6.61 Å². The van der Waals surface area contributed by atoms with E-state index < -0.39 is 15.8 Å². The highest BCUT2D eigenvalue weighted by atomic mass is 31.1. The summed E-state index contributed by atoms with van der Waals surface area (Å²) in [7, 11) is -0.897. The number of ether oxygens (including phenoxy) is 1. The maximum absolute atomic E-state index is 6.78. The Morgan fingerprint density at radius 3 is 1.26 bits per heavy atom. The molecule has 1 aliphatic carbocycles. The van der Waals surface area contributed by atoms with Crippen molar-refractivity contribution in [3.63, 3.8) is 0 Å². The first kappa shape index (κ1) is 22.2.